The van der Waals surface area contributed by atoms with Crippen LogP contribution >= 0.6 is 11.6 Å². The highest BCUT2D eigenvalue weighted by Crippen LogP contribution is 2.23. The van der Waals surface area contributed by atoms with E-state index in [1.54, 1.807) is 50.2 Å². The molecule has 0 spiro atoms. The van der Waals surface area contributed by atoms with Crippen LogP contribution < -0.4 is 5.32 Å². The van der Waals surface area contributed by atoms with Gasteiger partial charge in [0.25, 0.3) is 17.7 Å². The number of nitrogens with one attached hydrogen (secondary N) is 1. The third kappa shape index (κ3) is 5.12. The van der Waals surface area contributed by atoms with Gasteiger partial charge in [-0.05, 0) is 51.1 Å². The highest BCUT2D eigenvalue weighted by Gasteiger charge is 2.18. The number of aromatic nitrogens is 1. The fraction of sp³-hybridized carbons (Fsp3) is 0.333. The monoisotopic (exact) mass is 416 g/mol. The van der Waals surface area contributed by atoms with Gasteiger partial charge in [-0.1, -0.05) is 11.6 Å². The number of carbonyl (C=O) groups excluding carboxylic acids is 3. The molecule has 0 aliphatic rings. The summed E-state index contributed by atoms with van der Waals surface area (Å²) < 4.78 is 0. The van der Waals surface area contributed by atoms with Crippen molar-refractivity contribution in [1.29, 1.82) is 0 Å². The molecule has 3 amide bonds. The third-order valence-electron chi connectivity index (χ3n) is 4.46. The molecule has 1 N–H and O–H groups in total. The van der Waals surface area contributed by atoms with Gasteiger partial charge in [0, 0.05) is 32.9 Å². The number of halogens is 1. The number of benzene rings is 1. The first kappa shape index (κ1) is 22.4. The van der Waals surface area contributed by atoms with Crippen LogP contribution in [0.15, 0.2) is 30.3 Å². The predicted molar refractivity (Wildman–Crippen MR) is 114 cm³/mol. The van der Waals surface area contributed by atoms with Crippen molar-refractivity contribution in [2.45, 2.75) is 20.8 Å². The van der Waals surface area contributed by atoms with Crippen LogP contribution in [0.2, 0.25) is 5.02 Å². The minimum absolute atomic E-state index is 0.154. The van der Waals surface area contributed by atoms with Crippen molar-refractivity contribution in [3.8, 4) is 0 Å². The van der Waals surface area contributed by atoms with Crippen LogP contribution in [0.1, 0.15) is 50.7 Å². The van der Waals surface area contributed by atoms with Crippen molar-refractivity contribution in [3.05, 3.63) is 57.9 Å². The van der Waals surface area contributed by atoms with Crippen molar-refractivity contribution >= 4 is 35.0 Å². The molecule has 0 bridgehead atoms. The molecule has 0 saturated heterocycles. The Morgan fingerprint density at radius 3 is 2.14 bits per heavy atom. The summed E-state index contributed by atoms with van der Waals surface area (Å²) in [5.41, 5.74) is 1.91. The maximum absolute atomic E-state index is 12.6. The van der Waals surface area contributed by atoms with E-state index in [0.717, 1.165) is 0 Å². The summed E-state index contributed by atoms with van der Waals surface area (Å²) in [4.78, 5) is 44.4. The zero-order chi connectivity index (χ0) is 21.7. The fourth-order valence-electron chi connectivity index (χ4n) is 2.80. The molecule has 29 heavy (non-hydrogen) atoms. The smallest absolute Gasteiger partial charge is 0.271 e. The van der Waals surface area contributed by atoms with Crippen molar-refractivity contribution < 1.29 is 14.4 Å². The molecular weight excluding hydrogens is 392 g/mol. The van der Waals surface area contributed by atoms with E-state index < -0.39 is 0 Å². The van der Waals surface area contributed by atoms with Crippen LogP contribution in [0.5, 0.6) is 0 Å². The lowest BCUT2D eigenvalue weighted by Crippen LogP contribution is -2.30. The van der Waals surface area contributed by atoms with E-state index in [0.29, 0.717) is 35.6 Å². The number of rotatable bonds is 6. The molecule has 0 unspecified atom stereocenters. The van der Waals surface area contributed by atoms with Crippen molar-refractivity contribution in [1.82, 2.24) is 14.8 Å². The molecule has 0 atom stereocenters. The average Bonchev–Trinajstić information content (AvgIpc) is 2.67. The number of carbonyl (C=O) groups is 3. The first-order valence-corrected chi connectivity index (χ1v) is 9.66. The van der Waals surface area contributed by atoms with Crippen molar-refractivity contribution in [2.24, 2.45) is 0 Å². The molecule has 154 valence electrons. The molecule has 1 aromatic carbocycles. The SMILES string of the molecule is CCN(CC)C(=O)c1ccc(NC(=O)c2ccc(C(=O)N(C)C)nc2C)cc1Cl. The standard InChI is InChI=1S/C21H25ClN4O3/c1-6-26(7-2)20(28)16-9-8-14(12-17(16)22)24-19(27)15-10-11-18(23-13(15)3)21(29)25(4)5/h8-12H,6-7H2,1-5H3,(H,24,27). The quantitative estimate of drug-likeness (QED) is 0.781. The van der Waals surface area contributed by atoms with Gasteiger partial charge in [0.05, 0.1) is 21.8 Å². The van der Waals surface area contributed by atoms with Gasteiger partial charge in [-0.15, -0.1) is 0 Å². The Morgan fingerprint density at radius 2 is 1.62 bits per heavy atom. The van der Waals surface area contributed by atoms with Gasteiger partial charge in [-0.3, -0.25) is 14.4 Å². The Labute approximate surface area is 175 Å². The Bertz CT molecular complexity index is 940. The molecule has 0 saturated carbocycles. The Kier molecular flexibility index (Phi) is 7.34. The number of aryl methyl sites for hydroxylation is 1. The zero-order valence-electron chi connectivity index (χ0n) is 17.2. The minimum Gasteiger partial charge on any atom is -0.343 e. The van der Waals surface area contributed by atoms with E-state index in [1.165, 1.54) is 11.0 Å². The number of nitrogens with zero attached hydrogens (tertiary/aromatic N) is 3. The molecule has 0 aliphatic heterocycles. The average molecular weight is 417 g/mol. The van der Waals surface area contributed by atoms with Gasteiger partial charge >= 0.3 is 0 Å². The topological polar surface area (TPSA) is 82.6 Å². The number of anilines is 1. The summed E-state index contributed by atoms with van der Waals surface area (Å²) in [6.07, 6.45) is 0. The number of pyridine rings is 1. The summed E-state index contributed by atoms with van der Waals surface area (Å²) >= 11 is 6.27. The van der Waals surface area contributed by atoms with Gasteiger partial charge in [-0.2, -0.15) is 0 Å². The first-order chi connectivity index (χ1) is 13.7. The van der Waals surface area contributed by atoms with Gasteiger partial charge < -0.3 is 15.1 Å². The van der Waals surface area contributed by atoms with E-state index >= 15 is 0 Å². The highest BCUT2D eigenvalue weighted by molar-refractivity contribution is 6.34. The second kappa shape index (κ2) is 9.52. The number of amides is 3. The second-order valence-electron chi connectivity index (χ2n) is 6.66. The maximum atomic E-state index is 12.6. The molecule has 1 heterocycles. The summed E-state index contributed by atoms with van der Waals surface area (Å²) in [6.45, 7) is 6.64. The highest BCUT2D eigenvalue weighted by atomic mass is 35.5. The fourth-order valence-corrected chi connectivity index (χ4v) is 3.06. The van der Waals surface area contributed by atoms with Gasteiger partial charge in [-0.25, -0.2) is 4.98 Å². The minimum atomic E-state index is -0.377. The van der Waals surface area contributed by atoms with Gasteiger partial charge in [0.2, 0.25) is 0 Å². The normalized spacial score (nSPS) is 10.4. The molecule has 0 radical (unpaired) electrons. The molecule has 2 rings (SSSR count). The van der Waals surface area contributed by atoms with E-state index in [1.807, 2.05) is 13.8 Å². The first-order valence-electron chi connectivity index (χ1n) is 9.29. The van der Waals surface area contributed by atoms with Crippen molar-refractivity contribution in [3.63, 3.8) is 0 Å². The van der Waals surface area contributed by atoms with Crippen LogP contribution in [0, 0.1) is 6.92 Å². The second-order valence-corrected chi connectivity index (χ2v) is 7.06. The molecule has 0 fully saturated rings. The zero-order valence-corrected chi connectivity index (χ0v) is 18.0. The van der Waals surface area contributed by atoms with Crippen LogP contribution in [0.3, 0.4) is 0 Å². The lowest BCUT2D eigenvalue weighted by molar-refractivity contribution is 0.0772. The Balaban J connectivity index is 2.20. The van der Waals surface area contributed by atoms with Crippen LogP contribution in [0.4, 0.5) is 5.69 Å². The Hall–Kier alpha value is -2.93. The maximum Gasteiger partial charge on any atom is 0.271 e. The molecule has 1 aromatic heterocycles. The molecule has 8 heteroatoms. The number of hydrogen-bond acceptors (Lipinski definition) is 4. The lowest BCUT2D eigenvalue weighted by Gasteiger charge is -2.19. The summed E-state index contributed by atoms with van der Waals surface area (Å²) in [5.74, 6) is -0.767. The van der Waals surface area contributed by atoms with Gasteiger partial charge in [0.1, 0.15) is 5.69 Å². The summed E-state index contributed by atoms with van der Waals surface area (Å²) in [6, 6.07) is 7.86. The molecular formula is C21H25ClN4O3. The third-order valence-corrected chi connectivity index (χ3v) is 4.78. The van der Waals surface area contributed by atoms with Crippen LogP contribution in [-0.4, -0.2) is 59.7 Å². The van der Waals surface area contributed by atoms with Crippen LogP contribution in [-0.2, 0) is 0 Å². The molecule has 7 nitrogen and oxygen atoms in total. The predicted octanol–water partition coefficient (Wildman–Crippen LogP) is 3.48. The summed E-state index contributed by atoms with van der Waals surface area (Å²) in [5, 5.41) is 3.02. The van der Waals surface area contributed by atoms with E-state index in [2.05, 4.69) is 10.3 Å². The van der Waals surface area contributed by atoms with Gasteiger partial charge in [0.15, 0.2) is 0 Å². The molecule has 2 aromatic rings. The van der Waals surface area contributed by atoms with Crippen molar-refractivity contribution in [2.75, 3.05) is 32.5 Å². The largest absolute Gasteiger partial charge is 0.343 e. The lowest BCUT2D eigenvalue weighted by atomic mass is 10.1. The summed E-state index contributed by atoms with van der Waals surface area (Å²) in [7, 11) is 3.27. The van der Waals surface area contributed by atoms with E-state index in [4.69, 9.17) is 11.6 Å². The number of hydrogen-bond donors (Lipinski definition) is 1. The molecule has 0 aliphatic carbocycles. The van der Waals surface area contributed by atoms with Crippen LogP contribution in [0.25, 0.3) is 0 Å². The van der Waals surface area contributed by atoms with E-state index in [9.17, 15) is 14.4 Å². The van der Waals surface area contributed by atoms with E-state index in [-0.39, 0.29) is 28.4 Å². The Morgan fingerprint density at radius 1 is 1.00 bits per heavy atom.